The van der Waals surface area contributed by atoms with Gasteiger partial charge in [0, 0.05) is 18.1 Å². The Kier molecular flexibility index (Phi) is 6.23. The second kappa shape index (κ2) is 8.18. The van der Waals surface area contributed by atoms with E-state index in [1.165, 1.54) is 0 Å². The van der Waals surface area contributed by atoms with Crippen molar-refractivity contribution in [3.63, 3.8) is 0 Å². The van der Waals surface area contributed by atoms with E-state index in [9.17, 15) is 5.11 Å². The van der Waals surface area contributed by atoms with Gasteiger partial charge in [-0.2, -0.15) is 0 Å². The summed E-state index contributed by atoms with van der Waals surface area (Å²) < 4.78 is 11.6. The average molecular weight is 329 g/mol. The van der Waals surface area contributed by atoms with Gasteiger partial charge in [0.05, 0.1) is 6.61 Å². The molecule has 24 heavy (non-hydrogen) atoms. The van der Waals surface area contributed by atoms with Gasteiger partial charge in [-0.25, -0.2) is 0 Å². The van der Waals surface area contributed by atoms with Crippen molar-refractivity contribution in [1.82, 2.24) is 0 Å². The molecular formula is C20H27NO3. The van der Waals surface area contributed by atoms with Crippen LogP contribution in [0.5, 0.6) is 11.5 Å². The zero-order valence-electron chi connectivity index (χ0n) is 14.7. The molecule has 0 aromatic heterocycles. The van der Waals surface area contributed by atoms with Crippen LogP contribution in [-0.2, 0) is 6.61 Å². The molecule has 3 N–H and O–H groups in total. The van der Waals surface area contributed by atoms with Crippen molar-refractivity contribution in [2.24, 2.45) is 11.1 Å². The summed E-state index contributed by atoms with van der Waals surface area (Å²) in [7, 11) is 0. The van der Waals surface area contributed by atoms with E-state index in [0.717, 1.165) is 11.1 Å². The quantitative estimate of drug-likeness (QED) is 0.775. The highest BCUT2D eigenvalue weighted by molar-refractivity contribution is 5.44. The largest absolute Gasteiger partial charge is 0.490 e. The Morgan fingerprint density at radius 2 is 1.75 bits per heavy atom. The Hall–Kier alpha value is -2.04. The number of aliphatic hydroxyl groups is 1. The highest BCUT2D eigenvalue weighted by Gasteiger charge is 2.27. The van der Waals surface area contributed by atoms with Crippen LogP contribution < -0.4 is 15.2 Å². The molecule has 2 aromatic rings. The molecule has 0 spiro atoms. The van der Waals surface area contributed by atoms with Crippen molar-refractivity contribution >= 4 is 0 Å². The second-order valence-electron chi connectivity index (χ2n) is 6.54. The fraction of sp³-hybridized carbons (Fsp3) is 0.400. The Bertz CT molecular complexity index is 641. The Labute approximate surface area is 144 Å². The van der Waals surface area contributed by atoms with E-state index in [-0.39, 0.29) is 12.6 Å². The van der Waals surface area contributed by atoms with Gasteiger partial charge in [0.2, 0.25) is 0 Å². The van der Waals surface area contributed by atoms with Crippen molar-refractivity contribution in [3.05, 3.63) is 59.7 Å². The van der Waals surface area contributed by atoms with Crippen LogP contribution in [0.3, 0.4) is 0 Å². The number of hydrogen-bond acceptors (Lipinski definition) is 4. The summed E-state index contributed by atoms with van der Waals surface area (Å²) in [5.74, 6) is 1.37. The topological polar surface area (TPSA) is 64.7 Å². The van der Waals surface area contributed by atoms with E-state index in [2.05, 4.69) is 0 Å². The van der Waals surface area contributed by atoms with Crippen molar-refractivity contribution in [2.75, 3.05) is 13.2 Å². The molecule has 4 nitrogen and oxygen atoms in total. The molecule has 0 radical (unpaired) electrons. The van der Waals surface area contributed by atoms with Gasteiger partial charge in [-0.3, -0.25) is 0 Å². The maximum atomic E-state index is 9.53. The normalized spacial score (nSPS) is 12.7. The zero-order chi connectivity index (χ0) is 17.6. The van der Waals surface area contributed by atoms with Crippen molar-refractivity contribution in [3.8, 4) is 11.5 Å². The monoisotopic (exact) mass is 329 g/mol. The SMILES string of the molecule is CCOc1cc([C@H](N)C(C)(C)CO)ccc1OCc1ccccc1. The predicted molar refractivity (Wildman–Crippen MR) is 96.2 cm³/mol. The number of nitrogens with two attached hydrogens (primary N) is 1. The third-order valence-electron chi connectivity index (χ3n) is 4.11. The van der Waals surface area contributed by atoms with Crippen molar-refractivity contribution < 1.29 is 14.6 Å². The van der Waals surface area contributed by atoms with E-state index in [1.54, 1.807) is 0 Å². The molecule has 1 atom stereocenters. The molecule has 0 heterocycles. The van der Waals surface area contributed by atoms with Crippen molar-refractivity contribution in [1.29, 1.82) is 0 Å². The summed E-state index contributed by atoms with van der Waals surface area (Å²) in [5.41, 5.74) is 7.92. The Morgan fingerprint density at radius 1 is 1.04 bits per heavy atom. The van der Waals surface area contributed by atoms with Crippen LogP contribution in [0.1, 0.15) is 37.9 Å². The van der Waals surface area contributed by atoms with Gasteiger partial charge in [-0.15, -0.1) is 0 Å². The molecule has 0 fully saturated rings. The first-order valence-corrected chi connectivity index (χ1v) is 8.28. The van der Waals surface area contributed by atoms with E-state index < -0.39 is 5.41 Å². The lowest BCUT2D eigenvalue weighted by atomic mass is 9.82. The van der Waals surface area contributed by atoms with Crippen LogP contribution in [0, 0.1) is 5.41 Å². The summed E-state index contributed by atoms with van der Waals surface area (Å²) in [6.07, 6.45) is 0. The van der Waals surface area contributed by atoms with Gasteiger partial charge in [0.1, 0.15) is 6.61 Å². The maximum absolute atomic E-state index is 9.53. The number of ether oxygens (including phenoxy) is 2. The molecule has 4 heteroatoms. The summed E-state index contributed by atoms with van der Waals surface area (Å²) in [6, 6.07) is 15.4. The van der Waals surface area contributed by atoms with E-state index >= 15 is 0 Å². The minimum absolute atomic E-state index is 0.0182. The van der Waals surface area contributed by atoms with Gasteiger partial charge in [-0.05, 0) is 30.2 Å². The first kappa shape index (κ1) is 18.3. The summed E-state index contributed by atoms with van der Waals surface area (Å²) >= 11 is 0. The molecule has 0 aliphatic rings. The number of aliphatic hydroxyl groups excluding tert-OH is 1. The van der Waals surface area contributed by atoms with Gasteiger partial charge in [-0.1, -0.05) is 50.2 Å². The smallest absolute Gasteiger partial charge is 0.161 e. The summed E-state index contributed by atoms with van der Waals surface area (Å²) in [6.45, 7) is 6.86. The molecule has 2 rings (SSSR count). The molecule has 0 unspecified atom stereocenters. The Balaban J connectivity index is 2.20. The molecule has 2 aromatic carbocycles. The van der Waals surface area contributed by atoms with Gasteiger partial charge >= 0.3 is 0 Å². The van der Waals surface area contributed by atoms with Crippen molar-refractivity contribution in [2.45, 2.75) is 33.4 Å². The fourth-order valence-electron chi connectivity index (χ4n) is 2.39. The summed E-state index contributed by atoms with van der Waals surface area (Å²) in [5, 5.41) is 9.53. The lowest BCUT2D eigenvalue weighted by molar-refractivity contribution is 0.132. The first-order chi connectivity index (χ1) is 11.5. The van der Waals surface area contributed by atoms with Crippen LogP contribution in [0.4, 0.5) is 0 Å². The highest BCUT2D eigenvalue weighted by atomic mass is 16.5. The van der Waals surface area contributed by atoms with Gasteiger partial charge < -0.3 is 20.3 Å². The minimum Gasteiger partial charge on any atom is -0.490 e. The molecule has 0 saturated carbocycles. The lowest BCUT2D eigenvalue weighted by Crippen LogP contribution is -2.32. The molecular weight excluding hydrogens is 302 g/mol. The molecule has 0 saturated heterocycles. The van der Waals surface area contributed by atoms with Gasteiger partial charge in [0.25, 0.3) is 0 Å². The van der Waals surface area contributed by atoms with E-state index in [0.29, 0.717) is 24.7 Å². The first-order valence-electron chi connectivity index (χ1n) is 8.28. The molecule has 0 bridgehead atoms. The summed E-state index contributed by atoms with van der Waals surface area (Å²) in [4.78, 5) is 0. The molecule has 130 valence electrons. The van der Waals surface area contributed by atoms with Crippen LogP contribution in [-0.4, -0.2) is 18.3 Å². The standard InChI is InChI=1S/C20H27NO3/c1-4-23-18-12-16(19(21)20(2,3)14-22)10-11-17(18)24-13-15-8-6-5-7-9-15/h5-12,19,22H,4,13-14,21H2,1-3H3/t19-/m0/s1. The van der Waals surface area contributed by atoms with Gasteiger partial charge in [0.15, 0.2) is 11.5 Å². The van der Waals surface area contributed by atoms with E-state index in [4.69, 9.17) is 15.2 Å². The number of hydrogen-bond donors (Lipinski definition) is 2. The highest BCUT2D eigenvalue weighted by Crippen LogP contribution is 2.36. The third kappa shape index (κ3) is 4.49. The van der Waals surface area contributed by atoms with Crippen LogP contribution in [0.15, 0.2) is 48.5 Å². The maximum Gasteiger partial charge on any atom is 0.161 e. The minimum atomic E-state index is -0.407. The number of rotatable bonds is 8. The van der Waals surface area contributed by atoms with Crippen LogP contribution in [0.2, 0.25) is 0 Å². The fourth-order valence-corrected chi connectivity index (χ4v) is 2.39. The molecule has 0 amide bonds. The molecule has 0 aliphatic carbocycles. The zero-order valence-corrected chi connectivity index (χ0v) is 14.7. The number of benzene rings is 2. The third-order valence-corrected chi connectivity index (χ3v) is 4.11. The molecule has 0 aliphatic heterocycles. The van der Waals surface area contributed by atoms with Crippen LogP contribution >= 0.6 is 0 Å². The Morgan fingerprint density at radius 3 is 2.38 bits per heavy atom. The lowest BCUT2D eigenvalue weighted by Gasteiger charge is -2.30. The second-order valence-corrected chi connectivity index (χ2v) is 6.54. The average Bonchev–Trinajstić information content (AvgIpc) is 2.61. The van der Waals surface area contributed by atoms with Crippen LogP contribution in [0.25, 0.3) is 0 Å². The predicted octanol–water partition coefficient (Wildman–Crippen LogP) is 3.68. The van der Waals surface area contributed by atoms with E-state index in [1.807, 2.05) is 69.3 Å².